The fourth-order valence-electron chi connectivity index (χ4n) is 2.13. The van der Waals surface area contributed by atoms with Crippen LogP contribution in [0, 0.1) is 6.92 Å². The molecule has 3 rings (SSSR count). The van der Waals surface area contributed by atoms with Gasteiger partial charge in [0.2, 0.25) is 0 Å². The van der Waals surface area contributed by atoms with Gasteiger partial charge in [0, 0.05) is 10.0 Å². The Morgan fingerprint density at radius 3 is 2.81 bits per heavy atom. The number of halogens is 2. The van der Waals surface area contributed by atoms with Gasteiger partial charge in [0.05, 0.1) is 6.54 Å². The first-order valence-corrected chi connectivity index (χ1v) is 6.88. The number of fused-ring (bicyclic) bond motifs is 1. The molecule has 0 aliphatic rings. The Kier molecular flexibility index (Phi) is 3.35. The zero-order chi connectivity index (χ0) is 15.1. The van der Waals surface area contributed by atoms with Crippen molar-refractivity contribution >= 4 is 40.2 Å². The molecule has 0 spiro atoms. The van der Waals surface area contributed by atoms with Gasteiger partial charge >= 0.3 is 5.69 Å². The van der Waals surface area contributed by atoms with Crippen molar-refractivity contribution in [3.05, 3.63) is 50.1 Å². The van der Waals surface area contributed by atoms with Crippen LogP contribution in [0.15, 0.2) is 23.0 Å². The summed E-state index contributed by atoms with van der Waals surface area (Å²) >= 11 is 12.0. The average molecular weight is 324 g/mol. The van der Waals surface area contributed by atoms with Gasteiger partial charge in [0.15, 0.2) is 11.5 Å². The molecular weight excluding hydrogens is 313 g/mol. The smallest absolute Gasteiger partial charge is 0.328 e. The third-order valence-electron chi connectivity index (χ3n) is 3.11. The Morgan fingerprint density at radius 2 is 2.10 bits per heavy atom. The molecule has 0 atom stereocenters. The zero-order valence-corrected chi connectivity index (χ0v) is 12.5. The van der Waals surface area contributed by atoms with Gasteiger partial charge in [0.1, 0.15) is 11.3 Å². The molecule has 8 heteroatoms. The Hall–Kier alpha value is -2.05. The fraction of sp³-hybridized carbons (Fsp3) is 0.154. The number of aromatic nitrogens is 4. The van der Waals surface area contributed by atoms with Crippen LogP contribution in [0.25, 0.3) is 11.2 Å². The second kappa shape index (κ2) is 5.05. The predicted octanol–water partition coefficient (Wildman–Crippen LogP) is 2.37. The van der Waals surface area contributed by atoms with Crippen molar-refractivity contribution < 1.29 is 0 Å². The van der Waals surface area contributed by atoms with Gasteiger partial charge in [-0.15, -0.1) is 0 Å². The lowest BCUT2D eigenvalue weighted by Gasteiger charge is -2.06. The molecule has 0 unspecified atom stereocenters. The first-order chi connectivity index (χ1) is 9.95. The molecule has 2 aromatic heterocycles. The van der Waals surface area contributed by atoms with Gasteiger partial charge in [-0.3, -0.25) is 4.57 Å². The number of rotatable bonds is 2. The summed E-state index contributed by atoms with van der Waals surface area (Å²) in [6.45, 7) is 1.98. The molecule has 6 nitrogen and oxygen atoms in total. The molecule has 0 aliphatic heterocycles. The average Bonchev–Trinajstić information content (AvgIpc) is 2.70. The third kappa shape index (κ3) is 2.48. The summed E-state index contributed by atoms with van der Waals surface area (Å²) in [4.78, 5) is 23.1. The number of hydrogen-bond donors (Lipinski definition) is 2. The van der Waals surface area contributed by atoms with Crippen LogP contribution >= 0.6 is 23.2 Å². The number of aromatic amines is 1. The van der Waals surface area contributed by atoms with Crippen molar-refractivity contribution in [3.63, 3.8) is 0 Å². The highest BCUT2D eigenvalue weighted by Gasteiger charge is 2.14. The summed E-state index contributed by atoms with van der Waals surface area (Å²) in [5, 5.41) is 1.03. The molecule has 0 radical (unpaired) electrons. The fourth-order valence-corrected chi connectivity index (χ4v) is 2.60. The lowest BCUT2D eigenvalue weighted by Crippen LogP contribution is -2.18. The van der Waals surface area contributed by atoms with Crippen LogP contribution in [0.2, 0.25) is 10.0 Å². The molecule has 1 aromatic carbocycles. The lowest BCUT2D eigenvalue weighted by atomic mass is 10.2. The first kappa shape index (κ1) is 13.9. The van der Waals surface area contributed by atoms with E-state index in [1.165, 1.54) is 4.57 Å². The minimum Gasteiger partial charge on any atom is -0.382 e. The monoisotopic (exact) mass is 323 g/mol. The largest absolute Gasteiger partial charge is 0.382 e. The predicted molar refractivity (Wildman–Crippen MR) is 82.9 cm³/mol. The van der Waals surface area contributed by atoms with Gasteiger partial charge in [-0.2, -0.15) is 0 Å². The van der Waals surface area contributed by atoms with Crippen molar-refractivity contribution in [2.75, 3.05) is 5.73 Å². The molecule has 108 valence electrons. The number of nitrogen functional groups attached to an aromatic ring is 1. The van der Waals surface area contributed by atoms with E-state index >= 15 is 0 Å². The van der Waals surface area contributed by atoms with E-state index in [1.807, 2.05) is 0 Å². The number of H-pyrrole nitrogens is 1. The highest BCUT2D eigenvalue weighted by molar-refractivity contribution is 6.35. The number of hydrogen-bond acceptors (Lipinski definition) is 4. The summed E-state index contributed by atoms with van der Waals surface area (Å²) < 4.78 is 1.47. The number of aryl methyl sites for hydroxylation is 1. The zero-order valence-electron chi connectivity index (χ0n) is 11.0. The SMILES string of the molecule is Cc1nc(N)c2[nH]c(=O)n(Cc3ccc(Cl)cc3Cl)c2n1. The second-order valence-corrected chi connectivity index (χ2v) is 5.45. The molecule has 0 amide bonds. The number of nitrogens with two attached hydrogens (primary N) is 1. The van der Waals surface area contributed by atoms with E-state index < -0.39 is 0 Å². The van der Waals surface area contributed by atoms with Crippen LogP contribution in [-0.4, -0.2) is 19.5 Å². The van der Waals surface area contributed by atoms with E-state index in [0.717, 1.165) is 5.56 Å². The van der Waals surface area contributed by atoms with Crippen LogP contribution in [0.3, 0.4) is 0 Å². The van der Waals surface area contributed by atoms with Crippen LogP contribution in [0.4, 0.5) is 5.82 Å². The molecule has 0 saturated heterocycles. The number of anilines is 1. The maximum atomic E-state index is 12.1. The second-order valence-electron chi connectivity index (χ2n) is 4.61. The highest BCUT2D eigenvalue weighted by Crippen LogP contribution is 2.22. The van der Waals surface area contributed by atoms with Crippen LogP contribution in [-0.2, 0) is 6.54 Å². The van der Waals surface area contributed by atoms with Crippen LogP contribution < -0.4 is 11.4 Å². The first-order valence-electron chi connectivity index (χ1n) is 6.12. The van der Waals surface area contributed by atoms with Gasteiger partial charge in [0.25, 0.3) is 0 Å². The maximum Gasteiger partial charge on any atom is 0.328 e. The molecule has 3 N–H and O–H groups in total. The molecule has 21 heavy (non-hydrogen) atoms. The standard InChI is InChI=1S/C13H11Cl2N5O/c1-6-17-11(16)10-12(18-6)20(13(21)19-10)5-7-2-3-8(14)4-9(7)15/h2-4H,5H2,1H3,(H,19,21)(H2,16,17,18). The van der Waals surface area contributed by atoms with E-state index in [0.29, 0.717) is 27.0 Å². The normalized spacial score (nSPS) is 11.2. The molecule has 0 fully saturated rings. The van der Waals surface area contributed by atoms with Gasteiger partial charge in [-0.1, -0.05) is 29.3 Å². The Labute approximate surface area is 129 Å². The van der Waals surface area contributed by atoms with Crippen molar-refractivity contribution in [1.29, 1.82) is 0 Å². The lowest BCUT2D eigenvalue weighted by molar-refractivity contribution is 0.775. The summed E-state index contributed by atoms with van der Waals surface area (Å²) in [6, 6.07) is 5.12. The highest BCUT2D eigenvalue weighted by atomic mass is 35.5. The van der Waals surface area contributed by atoms with E-state index in [9.17, 15) is 4.79 Å². The molecule has 0 bridgehead atoms. The molecule has 2 heterocycles. The Bertz CT molecular complexity index is 899. The topological polar surface area (TPSA) is 89.6 Å². The minimum atomic E-state index is -0.317. The van der Waals surface area contributed by atoms with Crippen molar-refractivity contribution in [2.24, 2.45) is 0 Å². The third-order valence-corrected chi connectivity index (χ3v) is 3.69. The quantitative estimate of drug-likeness (QED) is 0.757. The minimum absolute atomic E-state index is 0.246. The maximum absolute atomic E-state index is 12.1. The van der Waals surface area contributed by atoms with E-state index in [2.05, 4.69) is 15.0 Å². The van der Waals surface area contributed by atoms with Crippen LogP contribution in [0.5, 0.6) is 0 Å². The Morgan fingerprint density at radius 1 is 1.33 bits per heavy atom. The number of benzene rings is 1. The van der Waals surface area contributed by atoms with Crippen molar-refractivity contribution in [1.82, 2.24) is 19.5 Å². The van der Waals surface area contributed by atoms with Gasteiger partial charge in [-0.05, 0) is 24.6 Å². The van der Waals surface area contributed by atoms with Crippen molar-refractivity contribution in [3.8, 4) is 0 Å². The van der Waals surface area contributed by atoms with Crippen molar-refractivity contribution in [2.45, 2.75) is 13.5 Å². The van der Waals surface area contributed by atoms with E-state index in [4.69, 9.17) is 28.9 Å². The number of nitrogens with zero attached hydrogens (tertiary/aromatic N) is 3. The Balaban J connectivity index is 2.16. The number of nitrogens with one attached hydrogen (secondary N) is 1. The number of imidazole rings is 1. The van der Waals surface area contributed by atoms with E-state index in [-0.39, 0.29) is 18.1 Å². The summed E-state index contributed by atoms with van der Waals surface area (Å²) in [7, 11) is 0. The summed E-state index contributed by atoms with van der Waals surface area (Å²) in [5.41, 5.74) is 7.13. The van der Waals surface area contributed by atoms with Crippen LogP contribution in [0.1, 0.15) is 11.4 Å². The molecule has 0 saturated carbocycles. The molecular formula is C13H11Cl2N5O. The molecule has 3 aromatic rings. The summed E-state index contributed by atoms with van der Waals surface area (Å²) in [5.74, 6) is 0.741. The van der Waals surface area contributed by atoms with Gasteiger partial charge in [-0.25, -0.2) is 14.8 Å². The van der Waals surface area contributed by atoms with E-state index in [1.54, 1.807) is 25.1 Å². The summed E-state index contributed by atoms with van der Waals surface area (Å²) in [6.07, 6.45) is 0. The molecule has 0 aliphatic carbocycles. The van der Waals surface area contributed by atoms with Gasteiger partial charge < -0.3 is 10.7 Å².